The average molecular weight is 287 g/mol. The van der Waals surface area contributed by atoms with Crippen molar-refractivity contribution in [3.63, 3.8) is 0 Å². The second-order valence-corrected chi connectivity index (χ2v) is 4.71. The fourth-order valence-corrected chi connectivity index (χ4v) is 2.07. The Bertz CT molecular complexity index is 800. The van der Waals surface area contributed by atoms with Gasteiger partial charge in [0.25, 0.3) is 5.56 Å². The van der Waals surface area contributed by atoms with Gasteiger partial charge >= 0.3 is 0 Å². The van der Waals surface area contributed by atoms with Gasteiger partial charge in [-0.2, -0.15) is 0 Å². The van der Waals surface area contributed by atoms with Gasteiger partial charge in [-0.05, 0) is 30.3 Å². The van der Waals surface area contributed by atoms with Gasteiger partial charge in [0.1, 0.15) is 18.2 Å². The van der Waals surface area contributed by atoms with E-state index in [0.29, 0.717) is 21.7 Å². The second-order valence-electron chi connectivity index (χ2n) is 4.28. The molecule has 0 amide bonds. The van der Waals surface area contributed by atoms with Crippen LogP contribution in [0.15, 0.2) is 53.3 Å². The molecule has 0 spiro atoms. The van der Waals surface area contributed by atoms with Gasteiger partial charge in [0.2, 0.25) is 0 Å². The zero-order valence-electron chi connectivity index (χ0n) is 10.5. The van der Waals surface area contributed by atoms with Gasteiger partial charge in [0.15, 0.2) is 0 Å². The Morgan fingerprint density at radius 1 is 1.15 bits per heavy atom. The molecule has 0 saturated heterocycles. The van der Waals surface area contributed by atoms with Crippen molar-refractivity contribution in [3.8, 4) is 5.75 Å². The number of nitrogens with one attached hydrogen (secondary N) is 1. The molecule has 0 radical (unpaired) electrons. The Kier molecular flexibility index (Phi) is 3.39. The first-order valence-corrected chi connectivity index (χ1v) is 6.46. The number of para-hydroxylation sites is 1. The van der Waals surface area contributed by atoms with Crippen molar-refractivity contribution in [1.82, 2.24) is 9.97 Å². The van der Waals surface area contributed by atoms with Crippen molar-refractivity contribution in [3.05, 3.63) is 69.7 Å². The smallest absolute Gasteiger partial charge is 0.258 e. The third-order valence-electron chi connectivity index (χ3n) is 2.84. The van der Waals surface area contributed by atoms with Crippen LogP contribution in [0, 0.1) is 0 Å². The van der Waals surface area contributed by atoms with E-state index in [1.165, 1.54) is 0 Å². The molecule has 0 saturated carbocycles. The lowest BCUT2D eigenvalue weighted by molar-refractivity contribution is 0.296. The molecule has 4 nitrogen and oxygen atoms in total. The number of aromatic amines is 1. The summed E-state index contributed by atoms with van der Waals surface area (Å²) in [4.78, 5) is 19.0. The first-order chi connectivity index (χ1) is 9.72. The van der Waals surface area contributed by atoms with E-state index in [9.17, 15) is 4.79 Å². The van der Waals surface area contributed by atoms with E-state index < -0.39 is 0 Å². The standard InChI is InChI=1S/C15H11ClN2O2/c16-10-6-7-13-12(8-10)15(19)18-14(17-13)9-20-11-4-2-1-3-5-11/h1-8H,9H2,(H,17,18,19). The van der Waals surface area contributed by atoms with Crippen molar-refractivity contribution in [2.45, 2.75) is 6.61 Å². The molecule has 0 unspecified atom stereocenters. The zero-order chi connectivity index (χ0) is 13.9. The highest BCUT2D eigenvalue weighted by Gasteiger charge is 2.05. The predicted molar refractivity (Wildman–Crippen MR) is 78.1 cm³/mol. The molecular formula is C15H11ClN2O2. The van der Waals surface area contributed by atoms with Crippen molar-refractivity contribution in [2.24, 2.45) is 0 Å². The van der Waals surface area contributed by atoms with Crippen LogP contribution in [0.1, 0.15) is 5.82 Å². The van der Waals surface area contributed by atoms with Gasteiger partial charge in [-0.3, -0.25) is 4.79 Å². The number of H-pyrrole nitrogens is 1. The van der Waals surface area contributed by atoms with Crippen LogP contribution in [0.5, 0.6) is 5.75 Å². The van der Waals surface area contributed by atoms with Crippen LogP contribution in [-0.4, -0.2) is 9.97 Å². The summed E-state index contributed by atoms with van der Waals surface area (Å²) in [6, 6.07) is 14.4. The molecule has 1 N–H and O–H groups in total. The van der Waals surface area contributed by atoms with Crippen LogP contribution < -0.4 is 10.3 Å². The fraction of sp³-hybridized carbons (Fsp3) is 0.0667. The normalized spacial score (nSPS) is 10.7. The van der Waals surface area contributed by atoms with Crippen LogP contribution in [0.25, 0.3) is 10.9 Å². The lowest BCUT2D eigenvalue weighted by Crippen LogP contribution is -2.13. The molecule has 0 aliphatic rings. The van der Waals surface area contributed by atoms with E-state index >= 15 is 0 Å². The minimum atomic E-state index is -0.218. The number of fused-ring (bicyclic) bond motifs is 1. The Balaban J connectivity index is 1.89. The minimum Gasteiger partial charge on any atom is -0.486 e. The molecule has 3 aromatic rings. The summed E-state index contributed by atoms with van der Waals surface area (Å²) in [5.74, 6) is 1.21. The van der Waals surface area contributed by atoms with E-state index in [1.807, 2.05) is 30.3 Å². The fourth-order valence-electron chi connectivity index (χ4n) is 1.90. The van der Waals surface area contributed by atoms with Crippen LogP contribution >= 0.6 is 11.6 Å². The minimum absolute atomic E-state index is 0.206. The van der Waals surface area contributed by atoms with Crippen molar-refractivity contribution >= 4 is 22.5 Å². The summed E-state index contributed by atoms with van der Waals surface area (Å²) in [5.41, 5.74) is 0.383. The summed E-state index contributed by atoms with van der Waals surface area (Å²) in [5, 5.41) is 0.985. The monoisotopic (exact) mass is 286 g/mol. The summed E-state index contributed by atoms with van der Waals surface area (Å²) in [7, 11) is 0. The van der Waals surface area contributed by atoms with E-state index in [0.717, 1.165) is 5.75 Å². The highest BCUT2D eigenvalue weighted by molar-refractivity contribution is 6.31. The first-order valence-electron chi connectivity index (χ1n) is 6.09. The van der Waals surface area contributed by atoms with Crippen molar-refractivity contribution < 1.29 is 4.74 Å². The number of hydrogen-bond acceptors (Lipinski definition) is 3. The van der Waals surface area contributed by atoms with Crippen molar-refractivity contribution in [2.75, 3.05) is 0 Å². The summed E-state index contributed by atoms with van der Waals surface area (Å²) >= 11 is 5.87. The SMILES string of the molecule is O=c1[nH]c(COc2ccccc2)nc2ccc(Cl)cc12. The van der Waals surface area contributed by atoms with Crippen LogP contribution in [0.2, 0.25) is 5.02 Å². The molecule has 0 atom stereocenters. The molecular weight excluding hydrogens is 276 g/mol. The van der Waals surface area contributed by atoms with Crippen LogP contribution in [0.3, 0.4) is 0 Å². The maximum Gasteiger partial charge on any atom is 0.258 e. The lowest BCUT2D eigenvalue weighted by atomic mass is 10.2. The van der Waals surface area contributed by atoms with Gasteiger partial charge < -0.3 is 9.72 Å². The quantitative estimate of drug-likeness (QED) is 0.805. The molecule has 1 heterocycles. The van der Waals surface area contributed by atoms with E-state index in [-0.39, 0.29) is 12.2 Å². The number of rotatable bonds is 3. The molecule has 2 aromatic carbocycles. The molecule has 3 rings (SSSR count). The zero-order valence-corrected chi connectivity index (χ0v) is 11.2. The average Bonchev–Trinajstić information content (AvgIpc) is 2.47. The maximum absolute atomic E-state index is 12.0. The molecule has 1 aromatic heterocycles. The number of ether oxygens (including phenoxy) is 1. The van der Waals surface area contributed by atoms with Gasteiger partial charge in [0, 0.05) is 5.02 Å². The number of nitrogens with zero attached hydrogens (tertiary/aromatic N) is 1. The van der Waals surface area contributed by atoms with Gasteiger partial charge in [-0.1, -0.05) is 29.8 Å². The number of halogens is 1. The molecule has 20 heavy (non-hydrogen) atoms. The Labute approximate surface area is 120 Å². The molecule has 100 valence electrons. The number of aromatic nitrogens is 2. The Hall–Kier alpha value is -2.33. The third kappa shape index (κ3) is 2.65. The van der Waals surface area contributed by atoms with Gasteiger partial charge in [0.05, 0.1) is 10.9 Å². The van der Waals surface area contributed by atoms with Crippen molar-refractivity contribution in [1.29, 1.82) is 0 Å². The molecule has 5 heteroatoms. The Morgan fingerprint density at radius 2 is 1.95 bits per heavy atom. The summed E-state index contributed by atoms with van der Waals surface area (Å²) < 4.78 is 5.56. The third-order valence-corrected chi connectivity index (χ3v) is 3.07. The molecule has 0 bridgehead atoms. The van der Waals surface area contributed by atoms with E-state index in [2.05, 4.69) is 9.97 Å². The Morgan fingerprint density at radius 3 is 2.75 bits per heavy atom. The highest BCUT2D eigenvalue weighted by atomic mass is 35.5. The van der Waals surface area contributed by atoms with E-state index in [1.54, 1.807) is 18.2 Å². The molecule has 0 aliphatic carbocycles. The lowest BCUT2D eigenvalue weighted by Gasteiger charge is -2.06. The number of hydrogen-bond donors (Lipinski definition) is 1. The highest BCUT2D eigenvalue weighted by Crippen LogP contribution is 2.15. The van der Waals surface area contributed by atoms with Gasteiger partial charge in [-0.25, -0.2) is 4.98 Å². The predicted octanol–water partition coefficient (Wildman–Crippen LogP) is 3.16. The molecule has 0 aliphatic heterocycles. The second kappa shape index (κ2) is 5.35. The largest absolute Gasteiger partial charge is 0.486 e. The maximum atomic E-state index is 12.0. The summed E-state index contributed by atoms with van der Waals surface area (Å²) in [6.07, 6.45) is 0. The first kappa shape index (κ1) is 12.7. The molecule has 0 fully saturated rings. The van der Waals surface area contributed by atoms with Crippen LogP contribution in [0.4, 0.5) is 0 Å². The van der Waals surface area contributed by atoms with E-state index in [4.69, 9.17) is 16.3 Å². The summed E-state index contributed by atoms with van der Waals surface area (Å²) in [6.45, 7) is 0.206. The topological polar surface area (TPSA) is 55.0 Å². The van der Waals surface area contributed by atoms with Crippen LogP contribution in [-0.2, 0) is 6.61 Å². The van der Waals surface area contributed by atoms with Gasteiger partial charge in [-0.15, -0.1) is 0 Å². The number of benzene rings is 2.